The van der Waals surface area contributed by atoms with Gasteiger partial charge in [0.05, 0.1) is 5.60 Å². The van der Waals surface area contributed by atoms with Gasteiger partial charge in [0, 0.05) is 18.6 Å². The molecule has 1 saturated carbocycles. The molecule has 1 rings (SSSR count). The summed E-state index contributed by atoms with van der Waals surface area (Å²) in [5.74, 6) is 0. The van der Waals surface area contributed by atoms with Gasteiger partial charge < -0.3 is 10.4 Å². The lowest BCUT2D eigenvalue weighted by Gasteiger charge is -2.21. The summed E-state index contributed by atoms with van der Waals surface area (Å²) >= 11 is 5.35. The van der Waals surface area contributed by atoms with Crippen molar-refractivity contribution in [3.8, 4) is 0 Å². The zero-order chi connectivity index (χ0) is 8.86. The molecule has 0 aliphatic heterocycles. The van der Waals surface area contributed by atoms with Crippen LogP contribution < -0.4 is 5.32 Å². The fourth-order valence-electron chi connectivity index (χ4n) is 1.64. The Morgan fingerprint density at radius 2 is 2.08 bits per heavy atom. The van der Waals surface area contributed by atoms with Gasteiger partial charge in [0.25, 0.3) is 0 Å². The van der Waals surface area contributed by atoms with Gasteiger partial charge in [0.1, 0.15) is 0 Å². The molecule has 3 heteroatoms. The maximum absolute atomic E-state index is 9.87. The first-order chi connectivity index (χ1) is 5.77. The van der Waals surface area contributed by atoms with E-state index in [1.807, 2.05) is 6.08 Å². The van der Waals surface area contributed by atoms with Crippen molar-refractivity contribution < 1.29 is 5.11 Å². The highest BCUT2D eigenvalue weighted by atomic mass is 35.5. The molecule has 0 aromatic heterocycles. The summed E-state index contributed by atoms with van der Waals surface area (Å²) in [5.41, 5.74) is 1.05. The highest BCUT2D eigenvalue weighted by Gasteiger charge is 2.29. The molecule has 0 bridgehead atoms. The third-order valence-corrected chi connectivity index (χ3v) is 2.52. The Labute approximate surface area is 78.6 Å². The number of aliphatic hydroxyl groups is 1. The number of halogens is 1. The van der Waals surface area contributed by atoms with Gasteiger partial charge in [-0.3, -0.25) is 0 Å². The first kappa shape index (κ1) is 10.0. The first-order valence-corrected chi connectivity index (χ1v) is 4.89. The van der Waals surface area contributed by atoms with E-state index in [1.54, 1.807) is 0 Å². The zero-order valence-corrected chi connectivity index (χ0v) is 7.98. The van der Waals surface area contributed by atoms with E-state index in [0.29, 0.717) is 6.54 Å². The van der Waals surface area contributed by atoms with E-state index in [-0.39, 0.29) is 0 Å². The summed E-state index contributed by atoms with van der Waals surface area (Å²) in [7, 11) is 0. The molecule has 0 radical (unpaired) electrons. The summed E-state index contributed by atoms with van der Waals surface area (Å²) < 4.78 is 0. The van der Waals surface area contributed by atoms with Crippen LogP contribution in [0.1, 0.15) is 25.7 Å². The van der Waals surface area contributed by atoms with Crippen LogP contribution in [0.15, 0.2) is 11.6 Å². The molecule has 0 spiro atoms. The molecule has 0 aromatic carbocycles. The fraction of sp³-hybridized carbons (Fsp3) is 0.778. The van der Waals surface area contributed by atoms with E-state index in [0.717, 1.165) is 32.2 Å². The van der Waals surface area contributed by atoms with E-state index in [2.05, 4.69) is 5.32 Å². The van der Waals surface area contributed by atoms with Gasteiger partial charge in [0.15, 0.2) is 0 Å². The molecule has 0 atom stereocenters. The summed E-state index contributed by atoms with van der Waals surface area (Å²) in [6, 6.07) is 0. The second kappa shape index (κ2) is 4.85. The molecule has 0 amide bonds. The van der Waals surface area contributed by atoms with Crippen molar-refractivity contribution in [2.75, 3.05) is 13.1 Å². The molecule has 0 aromatic rings. The van der Waals surface area contributed by atoms with E-state index in [9.17, 15) is 5.11 Å². The van der Waals surface area contributed by atoms with Crippen molar-refractivity contribution in [2.24, 2.45) is 0 Å². The molecule has 0 saturated heterocycles. The summed E-state index contributed by atoms with van der Waals surface area (Å²) in [6.07, 6.45) is 6.02. The lowest BCUT2D eigenvalue weighted by atomic mass is 10.0. The minimum atomic E-state index is -0.444. The Hall–Kier alpha value is -0.0500. The van der Waals surface area contributed by atoms with Crippen molar-refractivity contribution in [1.82, 2.24) is 5.32 Å². The van der Waals surface area contributed by atoms with Crippen LogP contribution in [0.3, 0.4) is 0 Å². The van der Waals surface area contributed by atoms with Crippen LogP contribution >= 0.6 is 11.6 Å². The maximum atomic E-state index is 9.87. The second-order valence-corrected chi connectivity index (χ2v) is 3.68. The van der Waals surface area contributed by atoms with Crippen LogP contribution in [0.5, 0.6) is 0 Å². The van der Waals surface area contributed by atoms with Crippen LogP contribution in [0, 0.1) is 0 Å². The Bertz CT molecular complexity index is 153. The van der Waals surface area contributed by atoms with E-state index in [4.69, 9.17) is 11.6 Å². The summed E-state index contributed by atoms with van der Waals surface area (Å²) in [4.78, 5) is 0. The Kier molecular flexibility index (Phi) is 4.06. The minimum absolute atomic E-state index is 0.444. The highest BCUT2D eigenvalue weighted by Crippen LogP contribution is 2.28. The molecule has 2 N–H and O–H groups in total. The highest BCUT2D eigenvalue weighted by molar-refractivity contribution is 6.25. The van der Waals surface area contributed by atoms with Crippen molar-refractivity contribution in [3.05, 3.63) is 11.6 Å². The van der Waals surface area contributed by atoms with Crippen LogP contribution in [-0.2, 0) is 0 Å². The predicted octanol–water partition coefficient (Wildman–Crippen LogP) is 1.63. The quantitative estimate of drug-likeness (QED) is 0.659. The summed E-state index contributed by atoms with van der Waals surface area (Å²) in [6.45, 7) is 1.43. The maximum Gasteiger partial charge on any atom is 0.0771 e. The molecule has 0 heterocycles. The topological polar surface area (TPSA) is 32.3 Å². The Morgan fingerprint density at radius 1 is 1.42 bits per heavy atom. The lowest BCUT2D eigenvalue weighted by Crippen LogP contribution is -2.37. The standard InChI is InChI=1S/C9H16ClNO/c10-6-3-7-11-8-9(12)4-1-2-5-9/h3,6,11-12H,1-2,4-5,7-8H2/b6-3+. The van der Waals surface area contributed by atoms with Gasteiger partial charge in [-0.05, 0) is 12.8 Å². The minimum Gasteiger partial charge on any atom is -0.389 e. The van der Waals surface area contributed by atoms with Crippen LogP contribution in [0.2, 0.25) is 0 Å². The van der Waals surface area contributed by atoms with E-state index in [1.165, 1.54) is 5.54 Å². The average molecular weight is 190 g/mol. The second-order valence-electron chi connectivity index (χ2n) is 3.42. The van der Waals surface area contributed by atoms with Crippen molar-refractivity contribution >= 4 is 11.6 Å². The van der Waals surface area contributed by atoms with E-state index >= 15 is 0 Å². The van der Waals surface area contributed by atoms with Gasteiger partial charge in [0.2, 0.25) is 0 Å². The molecule has 0 unspecified atom stereocenters. The van der Waals surface area contributed by atoms with Crippen LogP contribution in [0.25, 0.3) is 0 Å². The third-order valence-electron chi connectivity index (χ3n) is 2.34. The zero-order valence-electron chi connectivity index (χ0n) is 7.22. The van der Waals surface area contributed by atoms with Gasteiger partial charge in [-0.15, -0.1) is 0 Å². The average Bonchev–Trinajstić information content (AvgIpc) is 2.47. The van der Waals surface area contributed by atoms with Crippen molar-refractivity contribution in [1.29, 1.82) is 0 Å². The molecule has 1 aliphatic carbocycles. The van der Waals surface area contributed by atoms with Gasteiger partial charge in [-0.25, -0.2) is 0 Å². The SMILES string of the molecule is OC1(CNC/C=C/Cl)CCCC1. The predicted molar refractivity (Wildman–Crippen MR) is 51.3 cm³/mol. The monoisotopic (exact) mass is 189 g/mol. The van der Waals surface area contributed by atoms with Crippen LogP contribution in [0.4, 0.5) is 0 Å². The summed E-state index contributed by atoms with van der Waals surface area (Å²) in [5, 5.41) is 13.0. The van der Waals surface area contributed by atoms with E-state index < -0.39 is 5.60 Å². The number of nitrogens with one attached hydrogen (secondary N) is 1. The van der Waals surface area contributed by atoms with Gasteiger partial charge in [-0.2, -0.15) is 0 Å². The van der Waals surface area contributed by atoms with Crippen molar-refractivity contribution in [2.45, 2.75) is 31.3 Å². The number of hydrogen-bond acceptors (Lipinski definition) is 2. The largest absolute Gasteiger partial charge is 0.389 e. The number of rotatable bonds is 4. The van der Waals surface area contributed by atoms with Crippen LogP contribution in [-0.4, -0.2) is 23.8 Å². The lowest BCUT2D eigenvalue weighted by molar-refractivity contribution is 0.0488. The molecule has 2 nitrogen and oxygen atoms in total. The first-order valence-electron chi connectivity index (χ1n) is 4.45. The molecule has 70 valence electrons. The third kappa shape index (κ3) is 3.13. The molecule has 1 aliphatic rings. The molecule has 1 fully saturated rings. The van der Waals surface area contributed by atoms with Gasteiger partial charge >= 0.3 is 0 Å². The molecular formula is C9H16ClNO. The van der Waals surface area contributed by atoms with Gasteiger partial charge in [-0.1, -0.05) is 30.5 Å². The Morgan fingerprint density at radius 3 is 2.67 bits per heavy atom. The van der Waals surface area contributed by atoms with Crippen molar-refractivity contribution in [3.63, 3.8) is 0 Å². The fourth-order valence-corrected chi connectivity index (χ4v) is 1.73. The number of hydrogen-bond donors (Lipinski definition) is 2. The smallest absolute Gasteiger partial charge is 0.0771 e. The normalized spacial score (nSPS) is 22.2. The molecular weight excluding hydrogens is 174 g/mol. The molecule has 12 heavy (non-hydrogen) atoms. The Balaban J connectivity index is 2.12.